The fourth-order valence-corrected chi connectivity index (χ4v) is 2.88. The van der Waals surface area contributed by atoms with E-state index in [0.29, 0.717) is 12.7 Å². The van der Waals surface area contributed by atoms with E-state index in [9.17, 15) is 0 Å². The molecule has 0 aliphatic carbocycles. The molecule has 5 heteroatoms. The molecule has 2 aromatic carbocycles. The molecule has 1 aliphatic heterocycles. The van der Waals surface area contributed by atoms with E-state index in [2.05, 4.69) is 77.9 Å². The van der Waals surface area contributed by atoms with Crippen LogP contribution in [0.5, 0.6) is 0 Å². The summed E-state index contributed by atoms with van der Waals surface area (Å²) in [4.78, 5) is 2.39. The monoisotopic (exact) mass is 366 g/mol. The van der Waals surface area contributed by atoms with E-state index in [1.807, 2.05) is 0 Å². The molecule has 2 aromatic rings. The number of hydrogen-bond acceptors (Lipinski definition) is 2. The van der Waals surface area contributed by atoms with Crippen LogP contribution in [0.15, 0.2) is 60.7 Å². The first-order valence-electron chi connectivity index (χ1n) is 6.65. The van der Waals surface area contributed by atoms with Crippen molar-refractivity contribution in [3.8, 4) is 0 Å². The van der Waals surface area contributed by atoms with Gasteiger partial charge < -0.3 is 0 Å². The number of nitrogens with one attached hydrogen (secondary N) is 1. The predicted octanol–water partition coefficient (Wildman–Crippen LogP) is 3.80. The third-order valence-corrected chi connectivity index (χ3v) is 3.78. The van der Waals surface area contributed by atoms with E-state index in [4.69, 9.17) is 20.4 Å². The summed E-state index contributed by atoms with van der Waals surface area (Å²) in [5.74, 6) is 0. The van der Waals surface area contributed by atoms with Gasteiger partial charge in [0.2, 0.25) is 0 Å². The molecule has 1 fully saturated rings. The second kappa shape index (κ2) is 8.17. The van der Waals surface area contributed by atoms with Crippen LogP contribution in [0.2, 0.25) is 0 Å². The fraction of sp³-hybridized carbons (Fsp3) is 0.250. The Balaban J connectivity index is 0.000000497. The number of nitrogens with zero attached hydrogens (tertiary/aromatic N) is 1. The van der Waals surface area contributed by atoms with E-state index >= 15 is 0 Å². The van der Waals surface area contributed by atoms with Crippen molar-refractivity contribution in [3.63, 3.8) is 0 Å². The van der Waals surface area contributed by atoms with Crippen LogP contribution in [-0.4, -0.2) is 25.0 Å². The average molecular weight is 368 g/mol. The molecule has 0 bridgehead atoms. The third-order valence-electron chi connectivity index (χ3n) is 3.78. The summed E-state index contributed by atoms with van der Waals surface area (Å²) < 4.78 is 0. The molecule has 0 spiro atoms. The minimum atomic E-state index is -0.178. The SMILES string of the molecule is CN1CCNC1(c1ccccc1)c1ccccc1.[Cl][Ni][Cl]. The Kier molecular flexibility index (Phi) is 6.53. The quantitative estimate of drug-likeness (QED) is 0.812. The van der Waals surface area contributed by atoms with Crippen molar-refractivity contribution < 1.29 is 12.7 Å². The van der Waals surface area contributed by atoms with Crippen molar-refractivity contribution >= 4 is 20.4 Å². The first kappa shape index (κ1) is 16.8. The molecule has 1 saturated heterocycles. The number of benzene rings is 2. The summed E-state index contributed by atoms with van der Waals surface area (Å²) in [7, 11) is 11.6. The van der Waals surface area contributed by atoms with E-state index in [0.717, 1.165) is 13.1 Å². The van der Waals surface area contributed by atoms with Gasteiger partial charge >= 0.3 is 33.0 Å². The zero-order valence-electron chi connectivity index (χ0n) is 11.7. The summed E-state index contributed by atoms with van der Waals surface area (Å²) in [6, 6.07) is 21.3. The van der Waals surface area contributed by atoms with Crippen molar-refractivity contribution in [1.82, 2.24) is 10.2 Å². The van der Waals surface area contributed by atoms with Crippen LogP contribution in [-0.2, 0) is 18.3 Å². The zero-order chi connectivity index (χ0) is 15.1. The van der Waals surface area contributed by atoms with Crippen molar-refractivity contribution in [1.29, 1.82) is 0 Å². The second-order valence-electron chi connectivity index (χ2n) is 4.84. The van der Waals surface area contributed by atoms with Crippen LogP contribution in [0.25, 0.3) is 0 Å². The number of halogens is 2. The number of likely N-dealkylation sites (N-methyl/N-ethyl adjacent to an activating group) is 1. The standard InChI is InChI=1S/C16H18N2.2ClH.Ni/c1-18-13-12-17-16(18,14-8-4-2-5-9-14)15-10-6-3-7-11-15;;;/h2-11,17H,12-13H2,1H3;2*1H;/q;;;+2/p-2. The van der Waals surface area contributed by atoms with E-state index in [1.54, 1.807) is 0 Å². The van der Waals surface area contributed by atoms with Gasteiger partial charge in [0.25, 0.3) is 0 Å². The van der Waals surface area contributed by atoms with Crippen molar-refractivity contribution in [2.45, 2.75) is 5.66 Å². The first-order chi connectivity index (χ1) is 10.3. The Morgan fingerprint density at radius 2 is 1.38 bits per heavy atom. The van der Waals surface area contributed by atoms with Gasteiger partial charge in [-0.15, -0.1) is 0 Å². The molecule has 21 heavy (non-hydrogen) atoms. The molecule has 0 aromatic heterocycles. The number of hydrogen-bond donors (Lipinski definition) is 1. The molecular weight excluding hydrogens is 350 g/mol. The first-order valence-corrected chi connectivity index (χ1v) is 9.37. The summed E-state index contributed by atoms with van der Waals surface area (Å²) in [6.45, 7) is 2.07. The summed E-state index contributed by atoms with van der Waals surface area (Å²) in [5, 5.41) is 3.68. The predicted molar refractivity (Wildman–Crippen MR) is 86.0 cm³/mol. The van der Waals surface area contributed by atoms with Gasteiger partial charge in [-0.2, -0.15) is 0 Å². The molecule has 0 amide bonds. The van der Waals surface area contributed by atoms with Crippen LogP contribution in [0.4, 0.5) is 0 Å². The Bertz CT molecular complexity index is 497. The van der Waals surface area contributed by atoms with Gasteiger partial charge in [0.1, 0.15) is 5.66 Å². The van der Waals surface area contributed by atoms with E-state index in [-0.39, 0.29) is 5.66 Å². The van der Waals surface area contributed by atoms with Gasteiger partial charge in [-0.1, -0.05) is 60.7 Å². The topological polar surface area (TPSA) is 15.3 Å². The third kappa shape index (κ3) is 3.61. The summed E-state index contributed by atoms with van der Waals surface area (Å²) in [5.41, 5.74) is 2.43. The van der Waals surface area contributed by atoms with Crippen LogP contribution >= 0.6 is 20.4 Å². The van der Waals surface area contributed by atoms with Crippen molar-refractivity contribution in [3.05, 3.63) is 71.8 Å². The van der Waals surface area contributed by atoms with Crippen molar-refractivity contribution in [2.24, 2.45) is 0 Å². The summed E-state index contributed by atoms with van der Waals surface area (Å²) >= 11 is 0.569. The molecule has 0 unspecified atom stereocenters. The fourth-order valence-electron chi connectivity index (χ4n) is 2.88. The Morgan fingerprint density at radius 3 is 1.71 bits per heavy atom. The van der Waals surface area contributed by atoms with Gasteiger partial charge in [-0.05, 0) is 18.2 Å². The van der Waals surface area contributed by atoms with Crippen LogP contribution in [0.3, 0.4) is 0 Å². The Labute approximate surface area is 140 Å². The molecule has 1 heterocycles. The van der Waals surface area contributed by atoms with Crippen LogP contribution < -0.4 is 5.32 Å². The summed E-state index contributed by atoms with van der Waals surface area (Å²) in [6.07, 6.45) is 0. The molecule has 1 aliphatic rings. The molecule has 0 radical (unpaired) electrons. The Morgan fingerprint density at radius 1 is 0.952 bits per heavy atom. The number of rotatable bonds is 2. The molecule has 116 valence electrons. The normalized spacial score (nSPS) is 17.3. The maximum absolute atomic E-state index is 4.70. The average Bonchev–Trinajstić information content (AvgIpc) is 2.92. The van der Waals surface area contributed by atoms with Gasteiger partial charge in [0.15, 0.2) is 0 Å². The van der Waals surface area contributed by atoms with Gasteiger partial charge in [0.05, 0.1) is 0 Å². The van der Waals surface area contributed by atoms with Crippen LogP contribution in [0, 0.1) is 0 Å². The van der Waals surface area contributed by atoms with Crippen molar-refractivity contribution in [2.75, 3.05) is 20.1 Å². The van der Waals surface area contributed by atoms with E-state index in [1.165, 1.54) is 11.1 Å². The zero-order valence-corrected chi connectivity index (χ0v) is 14.2. The maximum atomic E-state index is 4.70. The van der Waals surface area contributed by atoms with E-state index < -0.39 is 0 Å². The van der Waals surface area contributed by atoms with Gasteiger partial charge in [0, 0.05) is 13.1 Å². The van der Waals surface area contributed by atoms with Crippen LogP contribution in [0.1, 0.15) is 11.1 Å². The minimum absolute atomic E-state index is 0.178. The van der Waals surface area contributed by atoms with Gasteiger partial charge in [-0.25, -0.2) is 0 Å². The molecule has 3 rings (SSSR count). The second-order valence-corrected chi connectivity index (χ2v) is 6.47. The molecular formula is C16H18Cl2N2Ni. The Hall–Kier alpha value is -0.566. The molecule has 2 nitrogen and oxygen atoms in total. The molecule has 0 atom stereocenters. The van der Waals surface area contributed by atoms with Gasteiger partial charge in [-0.3, -0.25) is 10.2 Å². The molecule has 0 saturated carbocycles. The molecule has 1 N–H and O–H groups in total.